The number of hydrazine groups is 1. The SMILES string of the molecule is O=C(NN1C(=O)CSC1c1ccc(Cl)c(Cl)c1)c1cc(-c2ccc(F)cc2F)ccc1O. The van der Waals surface area contributed by atoms with Gasteiger partial charge in [-0.05, 0) is 47.5 Å². The lowest BCUT2D eigenvalue weighted by molar-refractivity contribution is -0.130. The first-order chi connectivity index (χ1) is 15.2. The normalized spacial score (nSPS) is 15.8. The summed E-state index contributed by atoms with van der Waals surface area (Å²) in [7, 11) is 0. The standard InChI is InChI=1S/C22H14Cl2F2N2O3S/c23-16-5-1-12(8-17(16)24)22-28(20(30)10-32-22)27-21(31)15-7-11(2-6-19(15)29)14-4-3-13(25)9-18(14)26/h1-9,22,29H,10H2,(H,27,31). The number of rotatable bonds is 4. The lowest BCUT2D eigenvalue weighted by Crippen LogP contribution is -2.44. The third kappa shape index (κ3) is 4.39. The van der Waals surface area contributed by atoms with Crippen LogP contribution < -0.4 is 5.43 Å². The molecule has 1 saturated heterocycles. The van der Waals surface area contributed by atoms with Crippen molar-refractivity contribution in [1.29, 1.82) is 0 Å². The molecule has 1 aliphatic rings. The molecule has 1 atom stereocenters. The summed E-state index contributed by atoms with van der Waals surface area (Å²) >= 11 is 13.3. The molecule has 32 heavy (non-hydrogen) atoms. The van der Waals surface area contributed by atoms with E-state index in [0.717, 1.165) is 17.1 Å². The highest BCUT2D eigenvalue weighted by Gasteiger charge is 2.35. The number of thioether (sulfide) groups is 1. The zero-order valence-electron chi connectivity index (χ0n) is 16.1. The first-order valence-electron chi connectivity index (χ1n) is 9.22. The van der Waals surface area contributed by atoms with Crippen LogP contribution in [0, 0.1) is 11.6 Å². The van der Waals surface area contributed by atoms with Gasteiger partial charge in [0.1, 0.15) is 22.8 Å². The maximum Gasteiger partial charge on any atom is 0.273 e. The third-order valence-corrected chi connectivity index (χ3v) is 6.75. The summed E-state index contributed by atoms with van der Waals surface area (Å²) in [6.07, 6.45) is 0. The van der Waals surface area contributed by atoms with Crippen molar-refractivity contribution >= 4 is 46.8 Å². The Kier molecular flexibility index (Phi) is 6.28. The number of hydrogen-bond donors (Lipinski definition) is 2. The summed E-state index contributed by atoms with van der Waals surface area (Å²) < 4.78 is 27.4. The number of benzene rings is 3. The molecule has 1 unspecified atom stereocenters. The van der Waals surface area contributed by atoms with Crippen LogP contribution in [0.15, 0.2) is 54.6 Å². The minimum atomic E-state index is -0.812. The fraction of sp³-hybridized carbons (Fsp3) is 0.0909. The Labute approximate surface area is 195 Å². The van der Waals surface area contributed by atoms with Gasteiger partial charge in [0.25, 0.3) is 11.8 Å². The number of carbonyl (C=O) groups is 2. The van der Waals surface area contributed by atoms with Crippen molar-refractivity contribution in [2.24, 2.45) is 0 Å². The monoisotopic (exact) mass is 494 g/mol. The quantitative estimate of drug-likeness (QED) is 0.497. The van der Waals surface area contributed by atoms with Gasteiger partial charge in [-0.2, -0.15) is 0 Å². The van der Waals surface area contributed by atoms with Crippen LogP contribution >= 0.6 is 35.0 Å². The molecule has 10 heteroatoms. The molecule has 0 spiro atoms. The van der Waals surface area contributed by atoms with Gasteiger partial charge in [0.2, 0.25) is 0 Å². The second-order valence-corrected chi connectivity index (χ2v) is 8.78. The maximum absolute atomic E-state index is 14.2. The average molecular weight is 495 g/mol. The molecule has 2 amide bonds. The van der Waals surface area contributed by atoms with Crippen LogP contribution in [0.1, 0.15) is 21.3 Å². The smallest absolute Gasteiger partial charge is 0.273 e. The van der Waals surface area contributed by atoms with Gasteiger partial charge in [0, 0.05) is 11.6 Å². The summed E-state index contributed by atoms with van der Waals surface area (Å²) in [6.45, 7) is 0. The fourth-order valence-corrected chi connectivity index (χ4v) is 4.64. The Bertz CT molecular complexity index is 1240. The van der Waals surface area contributed by atoms with Crippen molar-refractivity contribution in [3.63, 3.8) is 0 Å². The van der Waals surface area contributed by atoms with Gasteiger partial charge in [-0.3, -0.25) is 15.0 Å². The lowest BCUT2D eigenvalue weighted by Gasteiger charge is -2.25. The number of aromatic hydroxyl groups is 1. The molecule has 0 saturated carbocycles. The topological polar surface area (TPSA) is 69.6 Å². The first kappa shape index (κ1) is 22.4. The Hall–Kier alpha value is -2.81. The largest absolute Gasteiger partial charge is 0.507 e. The number of halogens is 4. The highest BCUT2D eigenvalue weighted by atomic mass is 35.5. The average Bonchev–Trinajstić information content (AvgIpc) is 3.11. The molecular weight excluding hydrogens is 481 g/mol. The van der Waals surface area contributed by atoms with Crippen LogP contribution in [0.2, 0.25) is 10.0 Å². The minimum Gasteiger partial charge on any atom is -0.507 e. The summed E-state index contributed by atoms with van der Waals surface area (Å²) in [4.78, 5) is 25.3. The van der Waals surface area contributed by atoms with Gasteiger partial charge in [0.05, 0.1) is 21.4 Å². The molecule has 0 aliphatic carbocycles. The summed E-state index contributed by atoms with van der Waals surface area (Å²) in [5.41, 5.74) is 3.30. The molecule has 0 bridgehead atoms. The van der Waals surface area contributed by atoms with Crippen molar-refractivity contribution in [2.45, 2.75) is 5.37 Å². The summed E-state index contributed by atoms with van der Waals surface area (Å²) in [5.74, 6) is -2.90. The second kappa shape index (κ2) is 8.97. The van der Waals surface area contributed by atoms with Crippen LogP contribution in [-0.2, 0) is 4.79 Å². The Morgan fingerprint density at radius 2 is 1.84 bits per heavy atom. The van der Waals surface area contributed by atoms with E-state index >= 15 is 0 Å². The maximum atomic E-state index is 14.2. The Balaban J connectivity index is 1.62. The van der Waals surface area contributed by atoms with Crippen molar-refractivity contribution in [2.75, 3.05) is 5.75 Å². The highest BCUT2D eigenvalue weighted by molar-refractivity contribution is 8.00. The van der Waals surface area contributed by atoms with Crippen molar-refractivity contribution in [3.05, 3.63) is 87.4 Å². The molecule has 4 rings (SSSR count). The number of nitrogens with one attached hydrogen (secondary N) is 1. The van der Waals surface area contributed by atoms with Crippen molar-refractivity contribution in [1.82, 2.24) is 10.4 Å². The molecule has 2 N–H and O–H groups in total. The van der Waals surface area contributed by atoms with Crippen molar-refractivity contribution < 1.29 is 23.5 Å². The fourth-order valence-electron chi connectivity index (χ4n) is 3.24. The van der Waals surface area contributed by atoms with E-state index in [1.807, 2.05) is 0 Å². The van der Waals surface area contributed by atoms with Crippen LogP contribution in [-0.4, -0.2) is 27.7 Å². The number of amides is 2. The number of hydrogen-bond acceptors (Lipinski definition) is 4. The predicted octanol–water partition coefficient (Wildman–Crippen LogP) is 5.56. The molecule has 1 heterocycles. The van der Waals surface area contributed by atoms with Gasteiger partial charge in [-0.25, -0.2) is 13.8 Å². The molecule has 0 aromatic heterocycles. The predicted molar refractivity (Wildman–Crippen MR) is 119 cm³/mol. The number of carbonyl (C=O) groups excluding carboxylic acids is 2. The van der Waals surface area contributed by atoms with Crippen LogP contribution in [0.5, 0.6) is 5.75 Å². The molecule has 3 aromatic rings. The van der Waals surface area contributed by atoms with Gasteiger partial charge in [-0.1, -0.05) is 35.3 Å². The Morgan fingerprint density at radius 3 is 2.56 bits per heavy atom. The van der Waals surface area contributed by atoms with E-state index < -0.39 is 22.9 Å². The van der Waals surface area contributed by atoms with Crippen molar-refractivity contribution in [3.8, 4) is 16.9 Å². The Morgan fingerprint density at radius 1 is 1.06 bits per heavy atom. The van der Waals surface area contributed by atoms with E-state index in [1.165, 1.54) is 36.0 Å². The molecule has 3 aromatic carbocycles. The summed E-state index contributed by atoms with van der Waals surface area (Å²) in [5, 5.41) is 11.5. The van der Waals surface area contributed by atoms with Crippen LogP contribution in [0.4, 0.5) is 8.78 Å². The molecule has 0 radical (unpaired) electrons. The van der Waals surface area contributed by atoms with E-state index in [0.29, 0.717) is 15.6 Å². The molecular formula is C22H14Cl2F2N2O3S. The zero-order valence-corrected chi connectivity index (χ0v) is 18.4. The minimum absolute atomic E-state index is 0.0573. The lowest BCUT2D eigenvalue weighted by atomic mass is 10.0. The van der Waals surface area contributed by atoms with E-state index in [1.54, 1.807) is 18.2 Å². The van der Waals surface area contributed by atoms with Gasteiger partial charge in [-0.15, -0.1) is 11.8 Å². The number of phenols is 1. The first-order valence-corrected chi connectivity index (χ1v) is 11.0. The van der Waals surface area contributed by atoms with E-state index in [-0.39, 0.29) is 34.1 Å². The second-order valence-electron chi connectivity index (χ2n) is 6.90. The van der Waals surface area contributed by atoms with E-state index in [9.17, 15) is 23.5 Å². The number of phenolic OH excluding ortho intramolecular Hbond substituents is 1. The van der Waals surface area contributed by atoms with Gasteiger partial charge < -0.3 is 5.11 Å². The third-order valence-electron chi connectivity index (χ3n) is 4.80. The summed E-state index contributed by atoms with van der Waals surface area (Å²) in [6, 6.07) is 11.8. The number of nitrogens with zero attached hydrogens (tertiary/aromatic N) is 1. The van der Waals surface area contributed by atoms with Gasteiger partial charge >= 0.3 is 0 Å². The van der Waals surface area contributed by atoms with Crippen LogP contribution in [0.3, 0.4) is 0 Å². The van der Waals surface area contributed by atoms with Gasteiger partial charge in [0.15, 0.2) is 0 Å². The molecule has 1 aliphatic heterocycles. The van der Waals surface area contributed by atoms with Crippen LogP contribution in [0.25, 0.3) is 11.1 Å². The zero-order chi connectivity index (χ0) is 23.0. The van der Waals surface area contributed by atoms with E-state index in [4.69, 9.17) is 23.2 Å². The molecule has 164 valence electrons. The highest BCUT2D eigenvalue weighted by Crippen LogP contribution is 2.39. The molecule has 5 nitrogen and oxygen atoms in total. The van der Waals surface area contributed by atoms with E-state index in [2.05, 4.69) is 5.43 Å². The molecule has 1 fully saturated rings.